The SMILES string of the molecule is O=C(CCCl)Nc1ccc2c(c1)C(=O)N(CC1CCCO1)C2=O. The third kappa shape index (κ3) is 3.23. The molecule has 2 aliphatic rings. The van der Waals surface area contributed by atoms with Crippen LogP contribution in [0.15, 0.2) is 18.2 Å². The third-order valence-electron chi connectivity index (χ3n) is 3.99. The maximum absolute atomic E-state index is 12.5. The fraction of sp³-hybridized carbons (Fsp3) is 0.438. The second-order valence-electron chi connectivity index (χ2n) is 5.60. The number of hydrogen-bond acceptors (Lipinski definition) is 4. The lowest BCUT2D eigenvalue weighted by Crippen LogP contribution is -2.36. The summed E-state index contributed by atoms with van der Waals surface area (Å²) in [5.74, 6) is -0.649. The first-order valence-electron chi connectivity index (χ1n) is 7.58. The molecule has 7 heteroatoms. The van der Waals surface area contributed by atoms with Gasteiger partial charge < -0.3 is 10.1 Å². The van der Waals surface area contributed by atoms with Crippen molar-refractivity contribution in [2.45, 2.75) is 25.4 Å². The lowest BCUT2D eigenvalue weighted by molar-refractivity contribution is -0.115. The maximum atomic E-state index is 12.5. The molecule has 0 aliphatic carbocycles. The van der Waals surface area contributed by atoms with Crippen molar-refractivity contribution in [1.29, 1.82) is 0 Å². The van der Waals surface area contributed by atoms with Crippen molar-refractivity contribution in [3.63, 3.8) is 0 Å². The van der Waals surface area contributed by atoms with E-state index in [1.807, 2.05) is 0 Å². The van der Waals surface area contributed by atoms with Crippen molar-refractivity contribution in [1.82, 2.24) is 4.90 Å². The standard InChI is InChI=1S/C16H17ClN2O4/c17-6-5-14(20)18-10-3-4-12-13(8-10)16(22)19(15(12)21)9-11-2-1-7-23-11/h3-4,8,11H,1-2,5-7,9H2,(H,18,20). The summed E-state index contributed by atoms with van der Waals surface area (Å²) in [4.78, 5) is 37.7. The molecular formula is C16H17ClN2O4. The molecule has 2 heterocycles. The van der Waals surface area contributed by atoms with Gasteiger partial charge in [-0.25, -0.2) is 0 Å². The Morgan fingerprint density at radius 3 is 2.78 bits per heavy atom. The predicted molar refractivity (Wildman–Crippen MR) is 84.7 cm³/mol. The zero-order valence-corrected chi connectivity index (χ0v) is 13.3. The Kier molecular flexibility index (Phi) is 4.63. The highest BCUT2D eigenvalue weighted by atomic mass is 35.5. The van der Waals surface area contributed by atoms with Crippen LogP contribution in [-0.2, 0) is 9.53 Å². The molecule has 1 aromatic carbocycles. The first-order chi connectivity index (χ1) is 11.1. The smallest absolute Gasteiger partial charge is 0.261 e. The summed E-state index contributed by atoms with van der Waals surface area (Å²) in [7, 11) is 0. The molecule has 0 spiro atoms. The van der Waals surface area contributed by atoms with E-state index in [1.54, 1.807) is 12.1 Å². The maximum Gasteiger partial charge on any atom is 0.261 e. The lowest BCUT2D eigenvalue weighted by Gasteiger charge is -2.17. The molecule has 3 amide bonds. The van der Waals surface area contributed by atoms with Crippen LogP contribution in [0.4, 0.5) is 5.69 Å². The number of nitrogens with zero attached hydrogens (tertiary/aromatic N) is 1. The minimum Gasteiger partial charge on any atom is -0.376 e. The number of nitrogens with one attached hydrogen (secondary N) is 1. The van der Waals surface area contributed by atoms with Gasteiger partial charge in [0, 0.05) is 24.6 Å². The molecule has 6 nitrogen and oxygen atoms in total. The number of ether oxygens (including phenoxy) is 1. The summed E-state index contributed by atoms with van der Waals surface area (Å²) in [5, 5.41) is 2.67. The van der Waals surface area contributed by atoms with Crippen LogP contribution in [-0.4, -0.2) is 47.8 Å². The summed E-state index contributed by atoms with van der Waals surface area (Å²) in [6.07, 6.45) is 1.91. The molecule has 1 unspecified atom stereocenters. The highest BCUT2D eigenvalue weighted by molar-refractivity contribution is 6.22. The molecule has 2 aliphatic heterocycles. The van der Waals surface area contributed by atoms with E-state index in [1.165, 1.54) is 11.0 Å². The summed E-state index contributed by atoms with van der Waals surface area (Å²) < 4.78 is 5.50. The quantitative estimate of drug-likeness (QED) is 0.659. The zero-order chi connectivity index (χ0) is 16.4. The van der Waals surface area contributed by atoms with E-state index in [2.05, 4.69) is 5.32 Å². The van der Waals surface area contributed by atoms with Crippen molar-refractivity contribution in [3.05, 3.63) is 29.3 Å². The van der Waals surface area contributed by atoms with Crippen molar-refractivity contribution < 1.29 is 19.1 Å². The number of fused-ring (bicyclic) bond motifs is 1. The van der Waals surface area contributed by atoms with Crippen LogP contribution in [0.2, 0.25) is 0 Å². The second-order valence-corrected chi connectivity index (χ2v) is 5.98. The zero-order valence-electron chi connectivity index (χ0n) is 12.5. The van der Waals surface area contributed by atoms with E-state index < -0.39 is 0 Å². The number of rotatable bonds is 5. The Labute approximate surface area is 138 Å². The average Bonchev–Trinajstić information content (AvgIpc) is 3.11. The summed E-state index contributed by atoms with van der Waals surface area (Å²) >= 11 is 5.52. The molecule has 1 fully saturated rings. The fourth-order valence-electron chi connectivity index (χ4n) is 2.84. The molecule has 1 saturated heterocycles. The van der Waals surface area contributed by atoms with Crippen molar-refractivity contribution in [2.24, 2.45) is 0 Å². The van der Waals surface area contributed by atoms with Gasteiger partial charge in [-0.1, -0.05) is 0 Å². The van der Waals surface area contributed by atoms with E-state index in [0.717, 1.165) is 12.8 Å². The number of carbonyl (C=O) groups is 3. The molecule has 0 aromatic heterocycles. The molecular weight excluding hydrogens is 320 g/mol. The summed E-state index contributed by atoms with van der Waals surface area (Å²) in [5.41, 5.74) is 1.17. The van der Waals surface area contributed by atoms with E-state index >= 15 is 0 Å². The largest absolute Gasteiger partial charge is 0.376 e. The normalized spacial score (nSPS) is 20.0. The first kappa shape index (κ1) is 16.0. The molecule has 23 heavy (non-hydrogen) atoms. The lowest BCUT2D eigenvalue weighted by atomic mass is 10.1. The molecule has 0 bridgehead atoms. The van der Waals surface area contributed by atoms with E-state index in [0.29, 0.717) is 23.4 Å². The van der Waals surface area contributed by atoms with Crippen LogP contribution in [0.1, 0.15) is 40.0 Å². The van der Waals surface area contributed by atoms with Gasteiger partial charge in [0.2, 0.25) is 5.91 Å². The van der Waals surface area contributed by atoms with Gasteiger partial charge in [-0.2, -0.15) is 0 Å². The predicted octanol–water partition coefficient (Wildman–Crippen LogP) is 2.03. The van der Waals surface area contributed by atoms with Gasteiger partial charge in [0.05, 0.1) is 23.8 Å². The summed E-state index contributed by atoms with van der Waals surface area (Å²) in [6, 6.07) is 4.73. The molecule has 122 valence electrons. The van der Waals surface area contributed by atoms with Crippen molar-refractivity contribution in [2.75, 3.05) is 24.3 Å². The number of alkyl halides is 1. The highest BCUT2D eigenvalue weighted by Crippen LogP contribution is 2.27. The van der Waals surface area contributed by atoms with Crippen molar-refractivity contribution in [3.8, 4) is 0 Å². The molecule has 3 rings (SSSR count). The summed E-state index contributed by atoms with van der Waals surface area (Å²) in [6.45, 7) is 0.949. The van der Waals surface area contributed by atoms with Crippen molar-refractivity contribution >= 4 is 35.0 Å². The number of halogens is 1. The Balaban J connectivity index is 1.76. The highest BCUT2D eigenvalue weighted by Gasteiger charge is 2.37. The monoisotopic (exact) mass is 336 g/mol. The van der Waals surface area contributed by atoms with Gasteiger partial charge in [-0.3, -0.25) is 19.3 Å². The van der Waals surface area contributed by atoms with Gasteiger partial charge in [-0.15, -0.1) is 11.6 Å². The van der Waals surface area contributed by atoms with Crippen LogP contribution in [0.5, 0.6) is 0 Å². The Hall–Kier alpha value is -1.92. The minimum atomic E-state index is -0.339. The van der Waals surface area contributed by atoms with Crippen LogP contribution < -0.4 is 5.32 Å². The van der Waals surface area contributed by atoms with E-state index in [4.69, 9.17) is 16.3 Å². The van der Waals surface area contributed by atoms with Gasteiger partial charge >= 0.3 is 0 Å². The molecule has 1 aromatic rings. The number of imide groups is 1. The number of benzene rings is 1. The van der Waals surface area contributed by atoms with Gasteiger partial charge in [-0.05, 0) is 31.0 Å². The number of hydrogen-bond donors (Lipinski definition) is 1. The Bertz CT molecular complexity index is 655. The fourth-order valence-corrected chi connectivity index (χ4v) is 3.01. The van der Waals surface area contributed by atoms with Gasteiger partial charge in [0.1, 0.15) is 0 Å². The minimum absolute atomic E-state index is 0.0832. The van der Waals surface area contributed by atoms with E-state index in [-0.39, 0.29) is 42.7 Å². The second kappa shape index (κ2) is 6.68. The molecule has 1 N–H and O–H groups in total. The molecule has 0 radical (unpaired) electrons. The Morgan fingerprint density at radius 1 is 1.30 bits per heavy atom. The number of carbonyl (C=O) groups excluding carboxylic acids is 3. The van der Waals surface area contributed by atoms with Crippen LogP contribution >= 0.6 is 11.6 Å². The molecule has 1 atom stereocenters. The first-order valence-corrected chi connectivity index (χ1v) is 8.11. The van der Waals surface area contributed by atoms with Crippen LogP contribution in [0.3, 0.4) is 0 Å². The van der Waals surface area contributed by atoms with Crippen LogP contribution in [0, 0.1) is 0 Å². The number of amides is 3. The topological polar surface area (TPSA) is 75.7 Å². The van der Waals surface area contributed by atoms with E-state index in [9.17, 15) is 14.4 Å². The van der Waals surface area contributed by atoms with Gasteiger partial charge in [0.15, 0.2) is 0 Å². The average molecular weight is 337 g/mol. The number of anilines is 1. The molecule has 0 saturated carbocycles. The Morgan fingerprint density at radius 2 is 2.09 bits per heavy atom. The third-order valence-corrected chi connectivity index (χ3v) is 4.18. The van der Waals surface area contributed by atoms with Gasteiger partial charge in [0.25, 0.3) is 11.8 Å². The van der Waals surface area contributed by atoms with Crippen LogP contribution in [0.25, 0.3) is 0 Å².